The summed E-state index contributed by atoms with van der Waals surface area (Å²) in [6, 6.07) is 1.19. The number of aryl methyl sites for hydroxylation is 1. The van der Waals surface area contributed by atoms with Gasteiger partial charge in [0.25, 0.3) is 11.6 Å². The second-order valence-electron chi connectivity index (χ2n) is 5.67. The molecule has 0 radical (unpaired) electrons. The molecule has 0 bridgehead atoms. The number of aliphatic carboxylic acids is 1. The Morgan fingerprint density at radius 3 is 2.73 bits per heavy atom. The van der Waals surface area contributed by atoms with Crippen LogP contribution in [-0.4, -0.2) is 44.9 Å². The number of carboxylic acid groups (broad SMARTS) is 1. The number of likely N-dealkylation sites (tertiary alicyclic amines) is 1. The Labute approximate surface area is 126 Å². The van der Waals surface area contributed by atoms with Crippen LogP contribution in [0.2, 0.25) is 0 Å². The Hall–Kier alpha value is -2.51. The van der Waals surface area contributed by atoms with Crippen molar-refractivity contribution < 1.29 is 19.6 Å². The lowest BCUT2D eigenvalue weighted by Gasteiger charge is -2.34. The van der Waals surface area contributed by atoms with Crippen molar-refractivity contribution >= 4 is 17.6 Å². The number of carbonyl (C=O) groups is 2. The van der Waals surface area contributed by atoms with Gasteiger partial charge in [-0.15, -0.1) is 0 Å². The number of nitro groups is 1. The first-order chi connectivity index (χ1) is 10.3. The van der Waals surface area contributed by atoms with E-state index < -0.39 is 22.7 Å². The van der Waals surface area contributed by atoms with Crippen molar-refractivity contribution in [2.75, 3.05) is 13.1 Å². The van der Waals surface area contributed by atoms with Gasteiger partial charge in [-0.05, 0) is 19.3 Å². The molecule has 0 saturated carbocycles. The molecule has 8 nitrogen and oxygen atoms in total. The molecular weight excluding hydrogens is 290 g/mol. The Kier molecular flexibility index (Phi) is 4.39. The largest absolute Gasteiger partial charge is 0.481 e. The number of aromatic nitrogens is 1. The van der Waals surface area contributed by atoms with Crippen LogP contribution in [0.1, 0.15) is 29.4 Å². The quantitative estimate of drug-likeness (QED) is 0.668. The lowest BCUT2D eigenvalue weighted by molar-refractivity contribution is -0.385. The first-order valence-electron chi connectivity index (χ1n) is 6.92. The van der Waals surface area contributed by atoms with Gasteiger partial charge in [-0.1, -0.05) is 6.92 Å². The minimum absolute atomic E-state index is 0.0609. The van der Waals surface area contributed by atoms with E-state index in [1.807, 2.05) is 6.92 Å². The second-order valence-corrected chi connectivity index (χ2v) is 5.67. The van der Waals surface area contributed by atoms with Gasteiger partial charge < -0.3 is 10.0 Å². The summed E-state index contributed by atoms with van der Waals surface area (Å²) in [6.45, 7) is 4.03. The lowest BCUT2D eigenvalue weighted by Crippen LogP contribution is -2.45. The second kappa shape index (κ2) is 6.08. The maximum absolute atomic E-state index is 12.6. The number of hydrogen-bond acceptors (Lipinski definition) is 5. The number of rotatable bonds is 3. The highest BCUT2D eigenvalue weighted by Gasteiger charge is 2.33. The summed E-state index contributed by atoms with van der Waals surface area (Å²) in [5.41, 5.74) is 0.280. The summed E-state index contributed by atoms with van der Waals surface area (Å²) in [4.78, 5) is 39.3. The van der Waals surface area contributed by atoms with Crippen molar-refractivity contribution in [1.82, 2.24) is 9.88 Å². The van der Waals surface area contributed by atoms with E-state index in [4.69, 9.17) is 5.11 Å². The van der Waals surface area contributed by atoms with Gasteiger partial charge in [-0.2, -0.15) is 0 Å². The monoisotopic (exact) mass is 307 g/mol. The van der Waals surface area contributed by atoms with Crippen molar-refractivity contribution in [3.63, 3.8) is 0 Å². The molecule has 8 heteroatoms. The summed E-state index contributed by atoms with van der Waals surface area (Å²) in [5.74, 6) is -1.89. The van der Waals surface area contributed by atoms with Gasteiger partial charge in [0.2, 0.25) is 0 Å². The van der Waals surface area contributed by atoms with Crippen LogP contribution in [-0.2, 0) is 4.79 Å². The molecule has 2 unspecified atom stereocenters. The van der Waals surface area contributed by atoms with E-state index in [0.29, 0.717) is 18.7 Å². The molecule has 1 fully saturated rings. The summed E-state index contributed by atoms with van der Waals surface area (Å²) in [5, 5.41) is 20.0. The molecule has 1 aliphatic heterocycles. The highest BCUT2D eigenvalue weighted by molar-refractivity contribution is 5.96. The fraction of sp³-hybridized carbons (Fsp3) is 0.500. The predicted molar refractivity (Wildman–Crippen MR) is 76.4 cm³/mol. The third-order valence-electron chi connectivity index (χ3n) is 3.81. The van der Waals surface area contributed by atoms with Crippen molar-refractivity contribution in [2.45, 2.75) is 20.3 Å². The maximum Gasteiger partial charge on any atom is 0.308 e. The molecule has 1 N–H and O–H groups in total. The third-order valence-corrected chi connectivity index (χ3v) is 3.81. The smallest absolute Gasteiger partial charge is 0.308 e. The minimum atomic E-state index is -0.932. The molecule has 0 spiro atoms. The van der Waals surface area contributed by atoms with Gasteiger partial charge in [0.15, 0.2) is 0 Å². The zero-order chi connectivity index (χ0) is 16.4. The summed E-state index contributed by atoms with van der Waals surface area (Å²) in [7, 11) is 0. The molecule has 118 valence electrons. The Morgan fingerprint density at radius 2 is 2.14 bits per heavy atom. The van der Waals surface area contributed by atoms with Crippen LogP contribution >= 0.6 is 0 Å². The molecule has 2 heterocycles. The van der Waals surface area contributed by atoms with Crippen molar-refractivity contribution in [1.29, 1.82) is 0 Å². The number of piperidine rings is 1. The number of pyridine rings is 1. The molecule has 2 rings (SSSR count). The topological polar surface area (TPSA) is 114 Å². The SMILES string of the molecule is Cc1ncc([N+](=O)[O-])cc1C(=O)N1CC(C)CC(C(=O)O)C1. The molecule has 0 aliphatic carbocycles. The van der Waals surface area contributed by atoms with Crippen LogP contribution in [0.15, 0.2) is 12.3 Å². The van der Waals surface area contributed by atoms with Crippen LogP contribution in [0.25, 0.3) is 0 Å². The van der Waals surface area contributed by atoms with E-state index in [2.05, 4.69) is 4.98 Å². The molecular formula is C14H17N3O5. The summed E-state index contributed by atoms with van der Waals surface area (Å²) >= 11 is 0. The van der Waals surface area contributed by atoms with Crippen LogP contribution < -0.4 is 0 Å². The van der Waals surface area contributed by atoms with E-state index in [9.17, 15) is 19.7 Å². The number of carbonyl (C=O) groups excluding carboxylic acids is 1. The fourth-order valence-electron chi connectivity index (χ4n) is 2.71. The number of hydrogen-bond donors (Lipinski definition) is 1. The number of amides is 1. The third kappa shape index (κ3) is 3.21. The van der Waals surface area contributed by atoms with Gasteiger partial charge >= 0.3 is 5.97 Å². The molecule has 2 atom stereocenters. The van der Waals surface area contributed by atoms with Crippen LogP contribution in [0.3, 0.4) is 0 Å². The van der Waals surface area contributed by atoms with Gasteiger partial charge in [0.1, 0.15) is 6.20 Å². The van der Waals surface area contributed by atoms with Crippen molar-refractivity contribution in [2.24, 2.45) is 11.8 Å². The highest BCUT2D eigenvalue weighted by atomic mass is 16.6. The lowest BCUT2D eigenvalue weighted by atomic mass is 9.90. The molecule has 1 saturated heterocycles. The first-order valence-corrected chi connectivity index (χ1v) is 6.92. The Balaban J connectivity index is 2.29. The number of carboxylic acids is 1. The molecule has 0 aromatic carbocycles. The zero-order valence-corrected chi connectivity index (χ0v) is 12.4. The van der Waals surface area contributed by atoms with E-state index in [1.165, 1.54) is 11.0 Å². The van der Waals surface area contributed by atoms with Gasteiger partial charge in [0.05, 0.1) is 22.1 Å². The van der Waals surface area contributed by atoms with E-state index in [0.717, 1.165) is 6.20 Å². The van der Waals surface area contributed by atoms with E-state index in [1.54, 1.807) is 6.92 Å². The molecule has 1 aromatic heterocycles. The minimum Gasteiger partial charge on any atom is -0.481 e. The Morgan fingerprint density at radius 1 is 1.45 bits per heavy atom. The van der Waals surface area contributed by atoms with Gasteiger partial charge in [-0.25, -0.2) is 0 Å². The van der Waals surface area contributed by atoms with E-state index in [-0.39, 0.29) is 23.7 Å². The molecule has 1 amide bonds. The average molecular weight is 307 g/mol. The fourth-order valence-corrected chi connectivity index (χ4v) is 2.71. The summed E-state index contributed by atoms with van der Waals surface area (Å²) in [6.07, 6.45) is 1.62. The standard InChI is InChI=1S/C14H17N3O5/c1-8-3-10(14(19)20)7-16(6-8)13(18)12-4-11(17(21)22)5-15-9(12)2/h4-5,8,10H,3,6-7H2,1-2H3,(H,19,20). The highest BCUT2D eigenvalue weighted by Crippen LogP contribution is 2.24. The van der Waals surface area contributed by atoms with Gasteiger partial charge in [-0.3, -0.25) is 24.7 Å². The molecule has 1 aliphatic rings. The summed E-state index contributed by atoms with van der Waals surface area (Å²) < 4.78 is 0. The predicted octanol–water partition coefficient (Wildman–Crippen LogP) is 1.48. The van der Waals surface area contributed by atoms with Crippen LogP contribution in [0, 0.1) is 28.9 Å². The maximum atomic E-state index is 12.6. The zero-order valence-electron chi connectivity index (χ0n) is 12.4. The van der Waals surface area contributed by atoms with Gasteiger partial charge in [0, 0.05) is 19.2 Å². The van der Waals surface area contributed by atoms with Crippen molar-refractivity contribution in [3.8, 4) is 0 Å². The molecule has 22 heavy (non-hydrogen) atoms. The number of nitrogens with zero attached hydrogens (tertiary/aromatic N) is 3. The first kappa shape index (κ1) is 15.9. The van der Waals surface area contributed by atoms with Crippen molar-refractivity contribution in [3.05, 3.63) is 33.6 Å². The average Bonchev–Trinajstić information content (AvgIpc) is 2.46. The van der Waals surface area contributed by atoms with Crippen LogP contribution in [0.5, 0.6) is 0 Å². The Bertz CT molecular complexity index is 631. The normalized spacial score (nSPS) is 21.5. The van der Waals surface area contributed by atoms with E-state index >= 15 is 0 Å². The molecule has 1 aromatic rings. The van der Waals surface area contributed by atoms with Crippen LogP contribution in [0.4, 0.5) is 5.69 Å².